The minimum absolute atomic E-state index is 0.00347. The van der Waals surface area contributed by atoms with Gasteiger partial charge in [-0.2, -0.15) is 0 Å². The zero-order valence-electron chi connectivity index (χ0n) is 9.79. The van der Waals surface area contributed by atoms with E-state index in [-0.39, 0.29) is 5.78 Å². The van der Waals surface area contributed by atoms with Crippen LogP contribution in [0.15, 0.2) is 24.3 Å². The minimum atomic E-state index is -0.479. The highest BCUT2D eigenvalue weighted by molar-refractivity contribution is 6.30. The average molecular weight is 255 g/mol. The van der Waals surface area contributed by atoms with E-state index in [1.54, 1.807) is 38.1 Å². The van der Waals surface area contributed by atoms with Crippen molar-refractivity contribution >= 4 is 29.1 Å². The molecule has 0 aromatic heterocycles. The van der Waals surface area contributed by atoms with E-state index in [0.717, 1.165) is 0 Å². The van der Waals surface area contributed by atoms with E-state index in [2.05, 4.69) is 10.6 Å². The second-order valence-electron chi connectivity index (χ2n) is 3.65. The van der Waals surface area contributed by atoms with Crippen LogP contribution >= 0.6 is 11.6 Å². The fourth-order valence-corrected chi connectivity index (χ4v) is 1.41. The molecule has 1 atom stereocenters. The molecule has 0 aliphatic heterocycles. The van der Waals surface area contributed by atoms with E-state index in [1.807, 2.05) is 0 Å². The van der Waals surface area contributed by atoms with Crippen molar-refractivity contribution in [2.45, 2.75) is 26.3 Å². The van der Waals surface area contributed by atoms with Crippen LogP contribution in [0.5, 0.6) is 0 Å². The minimum Gasteiger partial charge on any atom is -0.328 e. The molecular formula is C12H15ClN2O2. The molecule has 0 heterocycles. The Labute approximate surface area is 105 Å². The summed E-state index contributed by atoms with van der Waals surface area (Å²) in [6.07, 6.45) is 0.405. The summed E-state index contributed by atoms with van der Waals surface area (Å²) in [5.74, 6) is -0.00347. The summed E-state index contributed by atoms with van der Waals surface area (Å²) in [5.41, 5.74) is 0.628. The first-order valence-corrected chi connectivity index (χ1v) is 5.76. The van der Waals surface area contributed by atoms with Gasteiger partial charge in [-0.3, -0.25) is 4.79 Å². The van der Waals surface area contributed by atoms with Crippen LogP contribution in [0.2, 0.25) is 5.02 Å². The Morgan fingerprint density at radius 3 is 2.41 bits per heavy atom. The number of anilines is 1. The van der Waals surface area contributed by atoms with Gasteiger partial charge >= 0.3 is 6.03 Å². The molecule has 1 unspecified atom stereocenters. The number of halogens is 1. The molecule has 2 N–H and O–H groups in total. The van der Waals surface area contributed by atoms with Crippen LogP contribution in [0.3, 0.4) is 0 Å². The van der Waals surface area contributed by atoms with Crippen molar-refractivity contribution in [3.8, 4) is 0 Å². The lowest BCUT2D eigenvalue weighted by molar-refractivity contribution is -0.120. The first kappa shape index (κ1) is 13.5. The summed E-state index contributed by atoms with van der Waals surface area (Å²) in [6.45, 7) is 3.42. The fraction of sp³-hybridized carbons (Fsp3) is 0.333. The molecule has 2 amide bonds. The second kappa shape index (κ2) is 6.25. The third kappa shape index (κ3) is 4.44. The predicted molar refractivity (Wildman–Crippen MR) is 68.4 cm³/mol. The number of carbonyl (C=O) groups excluding carboxylic acids is 2. The van der Waals surface area contributed by atoms with Crippen molar-refractivity contribution in [3.05, 3.63) is 29.3 Å². The SMILES string of the molecule is CCC(=O)C(C)NC(=O)Nc1ccc(Cl)cc1. The Balaban J connectivity index is 2.50. The van der Waals surface area contributed by atoms with Crippen LogP contribution in [0, 0.1) is 0 Å². The fourth-order valence-electron chi connectivity index (χ4n) is 1.28. The summed E-state index contributed by atoms with van der Waals surface area (Å²) in [5, 5.41) is 5.78. The largest absolute Gasteiger partial charge is 0.328 e. The van der Waals surface area contributed by atoms with E-state index >= 15 is 0 Å². The van der Waals surface area contributed by atoms with E-state index in [0.29, 0.717) is 17.1 Å². The van der Waals surface area contributed by atoms with Gasteiger partial charge in [0.1, 0.15) is 0 Å². The first-order valence-electron chi connectivity index (χ1n) is 5.38. The highest BCUT2D eigenvalue weighted by Gasteiger charge is 2.13. The van der Waals surface area contributed by atoms with Gasteiger partial charge in [0.15, 0.2) is 5.78 Å². The van der Waals surface area contributed by atoms with Gasteiger partial charge in [-0.15, -0.1) is 0 Å². The average Bonchev–Trinajstić information content (AvgIpc) is 2.30. The first-order chi connectivity index (χ1) is 8.02. The maximum atomic E-state index is 11.5. The van der Waals surface area contributed by atoms with E-state index in [4.69, 9.17) is 11.6 Å². The molecule has 0 bridgehead atoms. The highest BCUT2D eigenvalue weighted by atomic mass is 35.5. The third-order valence-electron chi connectivity index (χ3n) is 2.28. The number of ketones is 1. The van der Waals surface area contributed by atoms with Crippen molar-refractivity contribution in [2.24, 2.45) is 0 Å². The van der Waals surface area contributed by atoms with Crippen LogP contribution in [0.25, 0.3) is 0 Å². The normalized spacial score (nSPS) is 11.7. The zero-order chi connectivity index (χ0) is 12.8. The van der Waals surface area contributed by atoms with Gasteiger partial charge in [-0.1, -0.05) is 18.5 Å². The van der Waals surface area contributed by atoms with Gasteiger partial charge in [0, 0.05) is 17.1 Å². The number of rotatable bonds is 4. The molecule has 1 aromatic carbocycles. The third-order valence-corrected chi connectivity index (χ3v) is 2.53. The Bertz CT molecular complexity index is 403. The molecule has 0 radical (unpaired) electrons. The van der Waals surface area contributed by atoms with Crippen LogP contribution < -0.4 is 10.6 Å². The van der Waals surface area contributed by atoms with Crippen LogP contribution in [-0.4, -0.2) is 17.9 Å². The number of urea groups is 1. The molecule has 0 fully saturated rings. The number of hydrogen-bond donors (Lipinski definition) is 2. The standard InChI is InChI=1S/C12H15ClN2O2/c1-3-11(16)8(2)14-12(17)15-10-6-4-9(13)5-7-10/h4-8H,3H2,1-2H3,(H2,14,15,17). The Kier molecular flexibility index (Phi) is 4.97. The molecule has 0 aliphatic rings. The van der Waals surface area contributed by atoms with Gasteiger partial charge in [0.25, 0.3) is 0 Å². The Morgan fingerprint density at radius 1 is 1.29 bits per heavy atom. The van der Waals surface area contributed by atoms with Crippen LogP contribution in [-0.2, 0) is 4.79 Å². The summed E-state index contributed by atoms with van der Waals surface area (Å²) in [6, 6.07) is 5.85. The predicted octanol–water partition coefficient (Wildman–Crippen LogP) is 2.83. The zero-order valence-corrected chi connectivity index (χ0v) is 10.5. The summed E-state index contributed by atoms with van der Waals surface area (Å²) >= 11 is 5.72. The number of carbonyl (C=O) groups is 2. The molecule has 1 rings (SSSR count). The van der Waals surface area contributed by atoms with Gasteiger partial charge in [-0.25, -0.2) is 4.79 Å². The van der Waals surface area contributed by atoms with E-state index in [1.165, 1.54) is 0 Å². The molecule has 0 aliphatic carbocycles. The smallest absolute Gasteiger partial charge is 0.319 e. The lowest BCUT2D eigenvalue weighted by Gasteiger charge is -2.12. The summed E-state index contributed by atoms with van der Waals surface area (Å²) in [4.78, 5) is 22.8. The number of benzene rings is 1. The van der Waals surface area contributed by atoms with Gasteiger partial charge in [0.05, 0.1) is 6.04 Å². The topological polar surface area (TPSA) is 58.2 Å². The summed E-state index contributed by atoms with van der Waals surface area (Å²) < 4.78 is 0. The number of nitrogens with one attached hydrogen (secondary N) is 2. The van der Waals surface area contributed by atoms with Crippen LogP contribution in [0.4, 0.5) is 10.5 Å². The van der Waals surface area contributed by atoms with E-state index < -0.39 is 12.1 Å². The van der Waals surface area contributed by atoms with Gasteiger partial charge in [0.2, 0.25) is 0 Å². The maximum absolute atomic E-state index is 11.5. The molecule has 0 spiro atoms. The number of amides is 2. The quantitative estimate of drug-likeness (QED) is 0.868. The van der Waals surface area contributed by atoms with Crippen LogP contribution in [0.1, 0.15) is 20.3 Å². The van der Waals surface area contributed by atoms with Crippen molar-refractivity contribution < 1.29 is 9.59 Å². The molecule has 17 heavy (non-hydrogen) atoms. The molecule has 0 saturated carbocycles. The van der Waals surface area contributed by atoms with Crippen molar-refractivity contribution in [3.63, 3.8) is 0 Å². The van der Waals surface area contributed by atoms with Gasteiger partial charge < -0.3 is 10.6 Å². The summed E-state index contributed by atoms with van der Waals surface area (Å²) in [7, 11) is 0. The number of Topliss-reactive ketones (excluding diaryl/α,β-unsaturated/α-hetero) is 1. The van der Waals surface area contributed by atoms with Crippen molar-refractivity contribution in [2.75, 3.05) is 5.32 Å². The second-order valence-corrected chi connectivity index (χ2v) is 4.08. The maximum Gasteiger partial charge on any atom is 0.319 e. The molecule has 92 valence electrons. The molecule has 4 nitrogen and oxygen atoms in total. The lowest BCUT2D eigenvalue weighted by atomic mass is 10.2. The highest BCUT2D eigenvalue weighted by Crippen LogP contribution is 2.13. The lowest BCUT2D eigenvalue weighted by Crippen LogP contribution is -2.40. The van der Waals surface area contributed by atoms with E-state index in [9.17, 15) is 9.59 Å². The molecular weight excluding hydrogens is 240 g/mol. The van der Waals surface area contributed by atoms with Crippen molar-refractivity contribution in [1.82, 2.24) is 5.32 Å². The molecule has 0 saturated heterocycles. The molecule has 1 aromatic rings. The number of hydrogen-bond acceptors (Lipinski definition) is 2. The van der Waals surface area contributed by atoms with Gasteiger partial charge in [-0.05, 0) is 31.2 Å². The Hall–Kier alpha value is -1.55. The Morgan fingerprint density at radius 2 is 1.88 bits per heavy atom. The monoisotopic (exact) mass is 254 g/mol. The van der Waals surface area contributed by atoms with Crippen molar-refractivity contribution in [1.29, 1.82) is 0 Å². The molecule has 5 heteroatoms.